The van der Waals surface area contributed by atoms with Gasteiger partial charge in [0.15, 0.2) is 5.79 Å². The molecule has 0 amide bonds. The highest BCUT2D eigenvalue weighted by molar-refractivity contribution is 5.46. The van der Waals surface area contributed by atoms with Crippen LogP contribution in [0.15, 0.2) is 36.4 Å². The van der Waals surface area contributed by atoms with Crippen LogP contribution in [0, 0.1) is 6.92 Å². The smallest absolute Gasteiger partial charge is 0.225 e. The molecule has 1 atom stereocenters. The summed E-state index contributed by atoms with van der Waals surface area (Å²) in [5, 5.41) is 3.43. The van der Waals surface area contributed by atoms with Gasteiger partial charge in [-0.3, -0.25) is 0 Å². The fourth-order valence-electron chi connectivity index (χ4n) is 3.66. The average Bonchev–Trinajstić information content (AvgIpc) is 3.10. The van der Waals surface area contributed by atoms with Gasteiger partial charge < -0.3 is 19.7 Å². The van der Waals surface area contributed by atoms with Crippen LogP contribution in [0.25, 0.3) is 0 Å². The van der Waals surface area contributed by atoms with Crippen LogP contribution in [0.3, 0.4) is 0 Å². The molecule has 6 nitrogen and oxygen atoms in total. The number of hydrogen-bond donors (Lipinski definition) is 1. The van der Waals surface area contributed by atoms with Crippen molar-refractivity contribution in [3.8, 4) is 0 Å². The topological polar surface area (TPSA) is 59.5 Å². The van der Waals surface area contributed by atoms with Gasteiger partial charge in [-0.05, 0) is 19.4 Å². The van der Waals surface area contributed by atoms with Crippen LogP contribution in [0.2, 0.25) is 0 Å². The van der Waals surface area contributed by atoms with Gasteiger partial charge in [0.2, 0.25) is 5.95 Å². The Kier molecular flexibility index (Phi) is 4.78. The molecule has 2 aromatic rings. The molecule has 3 heterocycles. The van der Waals surface area contributed by atoms with E-state index in [2.05, 4.69) is 34.3 Å². The van der Waals surface area contributed by atoms with Gasteiger partial charge in [0, 0.05) is 37.7 Å². The molecule has 2 aliphatic rings. The quantitative estimate of drug-likeness (QED) is 0.909. The van der Waals surface area contributed by atoms with Gasteiger partial charge in [-0.25, -0.2) is 4.98 Å². The molecule has 1 unspecified atom stereocenters. The fraction of sp³-hybridized carbons (Fsp3) is 0.500. The van der Waals surface area contributed by atoms with Crippen molar-refractivity contribution < 1.29 is 9.47 Å². The van der Waals surface area contributed by atoms with E-state index in [9.17, 15) is 0 Å². The number of hydrogen-bond acceptors (Lipinski definition) is 6. The predicted molar refractivity (Wildman–Crippen MR) is 101 cm³/mol. The molecule has 1 N–H and O–H groups in total. The molecule has 0 aliphatic carbocycles. The Labute approximate surface area is 154 Å². The Balaban J connectivity index is 1.46. The normalized spacial score (nSPS) is 20.3. The third kappa shape index (κ3) is 3.66. The molecule has 1 aromatic heterocycles. The van der Waals surface area contributed by atoms with E-state index in [4.69, 9.17) is 14.5 Å². The lowest BCUT2D eigenvalue weighted by Gasteiger charge is -2.38. The second kappa shape index (κ2) is 7.21. The minimum atomic E-state index is -0.360. The van der Waals surface area contributed by atoms with Crippen LogP contribution in [0.5, 0.6) is 0 Å². The Morgan fingerprint density at radius 3 is 2.46 bits per heavy atom. The standard InChI is InChI=1S/C20H26N4O2/c1-15-14-18(24-10-8-20(9-11-24)25-12-13-26-20)23-19(21-15)22-16(2)17-6-4-3-5-7-17/h3-7,14,16H,8-13H2,1-2H3,(H,21,22,23). The maximum absolute atomic E-state index is 5.82. The van der Waals surface area contributed by atoms with Crippen molar-refractivity contribution in [3.63, 3.8) is 0 Å². The maximum Gasteiger partial charge on any atom is 0.225 e. The predicted octanol–water partition coefficient (Wildman–Crippen LogP) is 3.30. The summed E-state index contributed by atoms with van der Waals surface area (Å²) in [6.07, 6.45) is 1.75. The molecule has 0 bridgehead atoms. The van der Waals surface area contributed by atoms with E-state index in [-0.39, 0.29) is 11.8 Å². The zero-order valence-electron chi connectivity index (χ0n) is 15.4. The Morgan fingerprint density at radius 2 is 1.77 bits per heavy atom. The van der Waals surface area contributed by atoms with Gasteiger partial charge >= 0.3 is 0 Å². The molecule has 138 valence electrons. The minimum Gasteiger partial charge on any atom is -0.356 e. The molecule has 4 rings (SSSR count). The van der Waals surface area contributed by atoms with Crippen molar-refractivity contribution in [2.24, 2.45) is 0 Å². The lowest BCUT2D eigenvalue weighted by Crippen LogP contribution is -2.45. The minimum absolute atomic E-state index is 0.149. The van der Waals surface area contributed by atoms with E-state index in [1.807, 2.05) is 31.2 Å². The van der Waals surface area contributed by atoms with Crippen molar-refractivity contribution >= 4 is 11.8 Å². The summed E-state index contributed by atoms with van der Waals surface area (Å²) in [6, 6.07) is 12.5. The molecular formula is C20H26N4O2. The molecular weight excluding hydrogens is 328 g/mol. The largest absolute Gasteiger partial charge is 0.356 e. The summed E-state index contributed by atoms with van der Waals surface area (Å²) in [7, 11) is 0. The first-order chi connectivity index (χ1) is 12.6. The number of benzene rings is 1. The number of ether oxygens (including phenoxy) is 2. The van der Waals surface area contributed by atoms with Crippen molar-refractivity contribution in [2.75, 3.05) is 36.5 Å². The Morgan fingerprint density at radius 1 is 1.08 bits per heavy atom. The van der Waals surface area contributed by atoms with Crippen LogP contribution >= 0.6 is 0 Å². The van der Waals surface area contributed by atoms with Crippen LogP contribution in [0.1, 0.15) is 37.1 Å². The van der Waals surface area contributed by atoms with Crippen LogP contribution in [0.4, 0.5) is 11.8 Å². The fourth-order valence-corrected chi connectivity index (χ4v) is 3.66. The number of nitrogens with one attached hydrogen (secondary N) is 1. The number of anilines is 2. The van der Waals surface area contributed by atoms with Gasteiger partial charge in [-0.2, -0.15) is 4.98 Å². The van der Waals surface area contributed by atoms with Crippen molar-refractivity contribution in [1.82, 2.24) is 9.97 Å². The highest BCUT2D eigenvalue weighted by Gasteiger charge is 2.40. The summed E-state index contributed by atoms with van der Waals surface area (Å²) in [4.78, 5) is 11.6. The molecule has 2 fully saturated rings. The number of nitrogens with zero attached hydrogens (tertiary/aromatic N) is 3. The monoisotopic (exact) mass is 354 g/mol. The lowest BCUT2D eigenvalue weighted by molar-refractivity contribution is -0.169. The summed E-state index contributed by atoms with van der Waals surface area (Å²) in [5.74, 6) is 1.28. The first-order valence-electron chi connectivity index (χ1n) is 9.34. The third-order valence-electron chi connectivity index (χ3n) is 5.15. The first kappa shape index (κ1) is 17.2. The maximum atomic E-state index is 5.82. The molecule has 1 aromatic carbocycles. The lowest BCUT2D eigenvalue weighted by atomic mass is 10.0. The van der Waals surface area contributed by atoms with E-state index < -0.39 is 0 Å². The van der Waals surface area contributed by atoms with E-state index in [0.717, 1.165) is 37.4 Å². The number of piperidine rings is 1. The first-order valence-corrected chi connectivity index (χ1v) is 9.34. The number of rotatable bonds is 4. The van der Waals surface area contributed by atoms with Crippen molar-refractivity contribution in [3.05, 3.63) is 47.7 Å². The molecule has 0 radical (unpaired) electrons. The zero-order valence-corrected chi connectivity index (χ0v) is 15.4. The average molecular weight is 354 g/mol. The van der Waals surface area contributed by atoms with Crippen LogP contribution in [-0.4, -0.2) is 42.1 Å². The third-order valence-corrected chi connectivity index (χ3v) is 5.15. The Bertz CT molecular complexity index is 737. The molecule has 0 saturated carbocycles. The second-order valence-electron chi connectivity index (χ2n) is 7.06. The van der Waals surface area contributed by atoms with Gasteiger partial charge in [-0.1, -0.05) is 30.3 Å². The molecule has 2 saturated heterocycles. The molecule has 26 heavy (non-hydrogen) atoms. The SMILES string of the molecule is Cc1cc(N2CCC3(CC2)OCCO3)nc(NC(C)c2ccccc2)n1. The highest BCUT2D eigenvalue weighted by atomic mass is 16.7. The van der Waals surface area contributed by atoms with Gasteiger partial charge in [0.1, 0.15) is 5.82 Å². The van der Waals surface area contributed by atoms with E-state index in [0.29, 0.717) is 19.2 Å². The summed E-state index contributed by atoms with van der Waals surface area (Å²) in [6.45, 7) is 7.31. The number of aryl methyl sites for hydroxylation is 1. The highest BCUT2D eigenvalue weighted by Crippen LogP contribution is 2.33. The second-order valence-corrected chi connectivity index (χ2v) is 7.06. The zero-order chi connectivity index (χ0) is 18.0. The van der Waals surface area contributed by atoms with Gasteiger partial charge in [0.25, 0.3) is 0 Å². The van der Waals surface area contributed by atoms with Crippen molar-refractivity contribution in [1.29, 1.82) is 0 Å². The van der Waals surface area contributed by atoms with E-state index in [1.165, 1.54) is 5.56 Å². The molecule has 1 spiro atoms. The van der Waals surface area contributed by atoms with E-state index in [1.54, 1.807) is 0 Å². The number of aromatic nitrogens is 2. The molecule has 2 aliphatic heterocycles. The van der Waals surface area contributed by atoms with Crippen LogP contribution in [-0.2, 0) is 9.47 Å². The molecule has 6 heteroatoms. The summed E-state index contributed by atoms with van der Waals surface area (Å²) >= 11 is 0. The van der Waals surface area contributed by atoms with E-state index >= 15 is 0 Å². The summed E-state index contributed by atoms with van der Waals surface area (Å²) in [5.41, 5.74) is 2.18. The van der Waals surface area contributed by atoms with Crippen LogP contribution < -0.4 is 10.2 Å². The van der Waals surface area contributed by atoms with Crippen molar-refractivity contribution in [2.45, 2.75) is 38.5 Å². The van der Waals surface area contributed by atoms with Gasteiger partial charge in [0.05, 0.1) is 19.3 Å². The Hall–Kier alpha value is -2.18. The van der Waals surface area contributed by atoms with Gasteiger partial charge in [-0.15, -0.1) is 0 Å². The summed E-state index contributed by atoms with van der Waals surface area (Å²) < 4.78 is 11.6.